The Labute approximate surface area is 153 Å². The summed E-state index contributed by atoms with van der Waals surface area (Å²) in [5.41, 5.74) is 1.95. The van der Waals surface area contributed by atoms with Gasteiger partial charge < -0.3 is 15.5 Å². The molecule has 0 spiro atoms. The highest BCUT2D eigenvalue weighted by atomic mass is 35.5. The molecule has 7 heteroatoms. The van der Waals surface area contributed by atoms with Crippen LogP contribution in [0.25, 0.3) is 0 Å². The number of carbonyl (C=O) groups excluding carboxylic acids is 1. The number of rotatable bonds is 8. The van der Waals surface area contributed by atoms with Gasteiger partial charge in [-0.2, -0.15) is 0 Å². The standard InChI is InChI=1S/C18H24ClN5O/c1-13-11-16(23-18(22-13)20-9-6-10-24(2)3)17(25)21-12-14-7-4-5-8-15(14)19/h4-5,7-8,11H,6,9-10,12H2,1-3H3,(H,21,25)(H,20,22,23). The predicted molar refractivity (Wildman–Crippen MR) is 101 cm³/mol. The Balaban J connectivity index is 1.96. The van der Waals surface area contributed by atoms with Crippen molar-refractivity contribution in [3.63, 3.8) is 0 Å². The summed E-state index contributed by atoms with van der Waals surface area (Å²) in [4.78, 5) is 23.1. The van der Waals surface area contributed by atoms with Gasteiger partial charge in [-0.05, 0) is 51.7 Å². The van der Waals surface area contributed by atoms with E-state index in [4.69, 9.17) is 11.6 Å². The molecule has 0 aliphatic carbocycles. The van der Waals surface area contributed by atoms with Crippen LogP contribution in [0.3, 0.4) is 0 Å². The summed E-state index contributed by atoms with van der Waals surface area (Å²) < 4.78 is 0. The second-order valence-electron chi connectivity index (χ2n) is 6.08. The number of aromatic nitrogens is 2. The molecule has 2 rings (SSSR count). The first-order valence-corrected chi connectivity index (χ1v) is 8.59. The summed E-state index contributed by atoms with van der Waals surface area (Å²) in [6.45, 7) is 3.93. The number of hydrogen-bond acceptors (Lipinski definition) is 5. The van der Waals surface area contributed by atoms with Crippen molar-refractivity contribution in [1.29, 1.82) is 0 Å². The molecule has 2 N–H and O–H groups in total. The first-order valence-electron chi connectivity index (χ1n) is 8.21. The summed E-state index contributed by atoms with van der Waals surface area (Å²) in [5.74, 6) is 0.225. The Morgan fingerprint density at radius 3 is 2.72 bits per heavy atom. The van der Waals surface area contributed by atoms with E-state index in [1.807, 2.05) is 39.2 Å². The van der Waals surface area contributed by atoms with E-state index >= 15 is 0 Å². The predicted octanol–water partition coefficient (Wildman–Crippen LogP) is 2.73. The molecule has 1 aromatic carbocycles. The van der Waals surface area contributed by atoms with E-state index in [2.05, 4.69) is 25.5 Å². The monoisotopic (exact) mass is 361 g/mol. The van der Waals surface area contributed by atoms with Crippen molar-refractivity contribution in [2.45, 2.75) is 19.9 Å². The zero-order valence-electron chi connectivity index (χ0n) is 14.8. The van der Waals surface area contributed by atoms with Crippen molar-refractivity contribution >= 4 is 23.5 Å². The molecule has 0 saturated heterocycles. The molecule has 0 bridgehead atoms. The van der Waals surface area contributed by atoms with Crippen LogP contribution in [0.4, 0.5) is 5.95 Å². The van der Waals surface area contributed by atoms with Crippen LogP contribution in [0.15, 0.2) is 30.3 Å². The third kappa shape index (κ3) is 6.32. The van der Waals surface area contributed by atoms with Gasteiger partial charge in [0, 0.05) is 23.8 Å². The average molecular weight is 362 g/mol. The number of benzene rings is 1. The lowest BCUT2D eigenvalue weighted by Crippen LogP contribution is -2.25. The van der Waals surface area contributed by atoms with E-state index in [-0.39, 0.29) is 5.91 Å². The fraction of sp³-hybridized carbons (Fsp3) is 0.389. The van der Waals surface area contributed by atoms with Crippen LogP contribution < -0.4 is 10.6 Å². The lowest BCUT2D eigenvalue weighted by atomic mass is 10.2. The third-order valence-electron chi connectivity index (χ3n) is 3.55. The Kier molecular flexibility index (Phi) is 7.16. The molecule has 6 nitrogen and oxygen atoms in total. The van der Waals surface area contributed by atoms with Crippen molar-refractivity contribution < 1.29 is 4.79 Å². The van der Waals surface area contributed by atoms with Crippen LogP contribution >= 0.6 is 11.6 Å². The summed E-state index contributed by atoms with van der Waals surface area (Å²) in [5, 5.41) is 6.64. The molecular weight excluding hydrogens is 338 g/mol. The van der Waals surface area contributed by atoms with Crippen LogP contribution in [0.1, 0.15) is 28.2 Å². The van der Waals surface area contributed by atoms with E-state index in [1.165, 1.54) is 0 Å². The first-order chi connectivity index (χ1) is 12.0. The van der Waals surface area contributed by atoms with E-state index in [0.29, 0.717) is 23.2 Å². The number of nitrogens with one attached hydrogen (secondary N) is 2. The number of amides is 1. The fourth-order valence-corrected chi connectivity index (χ4v) is 2.47. The van der Waals surface area contributed by atoms with Crippen LogP contribution in [0.2, 0.25) is 5.02 Å². The van der Waals surface area contributed by atoms with Gasteiger partial charge in [0.15, 0.2) is 0 Å². The maximum absolute atomic E-state index is 12.4. The minimum atomic E-state index is -0.248. The van der Waals surface area contributed by atoms with Crippen LogP contribution in [-0.4, -0.2) is 48.0 Å². The normalized spacial score (nSPS) is 10.8. The van der Waals surface area contributed by atoms with Crippen molar-refractivity contribution in [3.8, 4) is 0 Å². The highest BCUT2D eigenvalue weighted by Gasteiger charge is 2.11. The van der Waals surface area contributed by atoms with Gasteiger partial charge in [0.2, 0.25) is 5.95 Å². The van der Waals surface area contributed by atoms with Crippen LogP contribution in [-0.2, 0) is 6.54 Å². The molecule has 0 fully saturated rings. The van der Waals surface area contributed by atoms with Crippen LogP contribution in [0.5, 0.6) is 0 Å². The number of halogens is 1. The van der Waals surface area contributed by atoms with E-state index < -0.39 is 0 Å². The quantitative estimate of drug-likeness (QED) is 0.707. The van der Waals surface area contributed by atoms with Crippen molar-refractivity contribution in [3.05, 3.63) is 52.3 Å². The average Bonchev–Trinajstić information content (AvgIpc) is 2.57. The number of aryl methyl sites for hydroxylation is 1. The van der Waals surface area contributed by atoms with Gasteiger partial charge in [-0.25, -0.2) is 9.97 Å². The Morgan fingerprint density at radius 1 is 1.24 bits per heavy atom. The molecule has 25 heavy (non-hydrogen) atoms. The molecule has 0 atom stereocenters. The fourth-order valence-electron chi connectivity index (χ4n) is 2.27. The maximum atomic E-state index is 12.4. The second-order valence-corrected chi connectivity index (χ2v) is 6.48. The SMILES string of the molecule is Cc1cc(C(=O)NCc2ccccc2Cl)nc(NCCCN(C)C)n1. The van der Waals surface area contributed by atoms with Gasteiger partial charge >= 0.3 is 0 Å². The molecule has 1 amide bonds. The highest BCUT2D eigenvalue weighted by Crippen LogP contribution is 2.14. The molecule has 134 valence electrons. The maximum Gasteiger partial charge on any atom is 0.270 e. The highest BCUT2D eigenvalue weighted by molar-refractivity contribution is 6.31. The van der Waals surface area contributed by atoms with E-state index in [9.17, 15) is 4.79 Å². The molecule has 0 unspecified atom stereocenters. The molecule has 1 aromatic heterocycles. The number of hydrogen-bond donors (Lipinski definition) is 2. The van der Waals surface area contributed by atoms with Gasteiger partial charge in [-0.15, -0.1) is 0 Å². The second kappa shape index (κ2) is 9.34. The topological polar surface area (TPSA) is 70.2 Å². The summed E-state index contributed by atoms with van der Waals surface area (Å²) in [6.07, 6.45) is 0.971. The number of anilines is 1. The lowest BCUT2D eigenvalue weighted by molar-refractivity contribution is 0.0946. The summed E-state index contributed by atoms with van der Waals surface area (Å²) >= 11 is 6.11. The van der Waals surface area contributed by atoms with Crippen molar-refractivity contribution in [1.82, 2.24) is 20.2 Å². The van der Waals surface area contributed by atoms with E-state index in [0.717, 1.165) is 30.8 Å². The third-order valence-corrected chi connectivity index (χ3v) is 3.92. The Morgan fingerprint density at radius 2 is 2.00 bits per heavy atom. The molecule has 2 aromatic rings. The number of nitrogens with zero attached hydrogens (tertiary/aromatic N) is 3. The minimum Gasteiger partial charge on any atom is -0.354 e. The Hall–Kier alpha value is -2.18. The number of carbonyl (C=O) groups is 1. The largest absolute Gasteiger partial charge is 0.354 e. The van der Waals surface area contributed by atoms with Gasteiger partial charge in [0.25, 0.3) is 5.91 Å². The van der Waals surface area contributed by atoms with Crippen LogP contribution in [0, 0.1) is 6.92 Å². The molecule has 1 heterocycles. The van der Waals surface area contributed by atoms with Gasteiger partial charge in [-0.1, -0.05) is 29.8 Å². The van der Waals surface area contributed by atoms with Gasteiger partial charge in [-0.3, -0.25) is 4.79 Å². The molecule has 0 aliphatic heterocycles. The summed E-state index contributed by atoms with van der Waals surface area (Å²) in [6, 6.07) is 9.10. The van der Waals surface area contributed by atoms with Gasteiger partial charge in [0.1, 0.15) is 5.69 Å². The zero-order valence-corrected chi connectivity index (χ0v) is 15.6. The van der Waals surface area contributed by atoms with Crippen molar-refractivity contribution in [2.24, 2.45) is 0 Å². The molecule has 0 saturated carbocycles. The molecule has 0 aliphatic rings. The lowest BCUT2D eigenvalue weighted by Gasteiger charge is -2.11. The smallest absolute Gasteiger partial charge is 0.270 e. The van der Waals surface area contributed by atoms with Gasteiger partial charge in [0.05, 0.1) is 0 Å². The first kappa shape index (κ1) is 19.1. The Bertz CT molecular complexity index is 720. The molecule has 0 radical (unpaired) electrons. The summed E-state index contributed by atoms with van der Waals surface area (Å²) in [7, 11) is 4.06. The zero-order chi connectivity index (χ0) is 18.2. The van der Waals surface area contributed by atoms with Crippen molar-refractivity contribution in [2.75, 3.05) is 32.5 Å². The molecular formula is C18H24ClN5O. The van der Waals surface area contributed by atoms with E-state index in [1.54, 1.807) is 12.1 Å². The minimum absolute atomic E-state index is 0.248.